The lowest BCUT2D eigenvalue weighted by Gasteiger charge is -2.37. The quantitative estimate of drug-likeness (QED) is 0.737. The first kappa shape index (κ1) is 16.7. The van der Waals surface area contributed by atoms with Gasteiger partial charge in [0.1, 0.15) is 11.7 Å². The van der Waals surface area contributed by atoms with Gasteiger partial charge in [-0.1, -0.05) is 74.5 Å². The molecule has 3 nitrogen and oxygen atoms in total. The van der Waals surface area contributed by atoms with Crippen LogP contribution < -0.4 is 5.32 Å². The fraction of sp³-hybridized carbons (Fsp3) is 0.368. The Morgan fingerprint density at radius 2 is 1.50 bits per heavy atom. The predicted molar refractivity (Wildman–Crippen MR) is 89.3 cm³/mol. The molecule has 0 heterocycles. The summed E-state index contributed by atoms with van der Waals surface area (Å²) in [4.78, 5) is 0. The second kappa shape index (κ2) is 7.54. The van der Waals surface area contributed by atoms with Crippen LogP contribution in [0.3, 0.4) is 0 Å². The second-order valence-corrected chi connectivity index (χ2v) is 6.05. The van der Waals surface area contributed by atoms with Gasteiger partial charge in [-0.25, -0.2) is 0 Å². The zero-order valence-electron chi connectivity index (χ0n) is 13.2. The first-order valence-corrected chi connectivity index (χ1v) is 7.74. The number of hydrogen-bond donors (Lipinski definition) is 3. The summed E-state index contributed by atoms with van der Waals surface area (Å²) in [5.41, 5.74) is 0.680. The average molecular weight is 299 g/mol. The van der Waals surface area contributed by atoms with Gasteiger partial charge < -0.3 is 15.5 Å². The van der Waals surface area contributed by atoms with Crippen molar-refractivity contribution >= 4 is 0 Å². The first-order valence-electron chi connectivity index (χ1n) is 7.74. The van der Waals surface area contributed by atoms with E-state index in [0.717, 1.165) is 11.1 Å². The normalized spacial score (nSPS) is 15.5. The van der Waals surface area contributed by atoms with Gasteiger partial charge in [0.25, 0.3) is 0 Å². The maximum Gasteiger partial charge on any atom is 0.109 e. The molecule has 3 heteroatoms. The minimum Gasteiger partial charge on any atom is -0.385 e. The fourth-order valence-electron chi connectivity index (χ4n) is 2.54. The maximum atomic E-state index is 11.0. The molecule has 2 rings (SSSR count). The van der Waals surface area contributed by atoms with E-state index >= 15 is 0 Å². The van der Waals surface area contributed by atoms with Crippen molar-refractivity contribution in [3.8, 4) is 0 Å². The average Bonchev–Trinajstić information content (AvgIpc) is 2.55. The summed E-state index contributed by atoms with van der Waals surface area (Å²) in [6, 6.07) is 19.4. The molecule has 0 bridgehead atoms. The number of aliphatic hydroxyl groups is 2. The Labute approximate surface area is 132 Å². The lowest BCUT2D eigenvalue weighted by atomic mass is 9.81. The molecule has 0 fully saturated rings. The molecule has 0 spiro atoms. The van der Waals surface area contributed by atoms with Gasteiger partial charge in [-0.15, -0.1) is 0 Å². The van der Waals surface area contributed by atoms with Crippen LogP contribution in [-0.4, -0.2) is 22.4 Å². The molecule has 2 atom stereocenters. The molecule has 2 aromatic rings. The number of rotatable bonds is 7. The van der Waals surface area contributed by atoms with Gasteiger partial charge in [0, 0.05) is 13.1 Å². The van der Waals surface area contributed by atoms with Crippen LogP contribution in [0.15, 0.2) is 60.7 Å². The summed E-state index contributed by atoms with van der Waals surface area (Å²) >= 11 is 0. The van der Waals surface area contributed by atoms with E-state index in [1.807, 2.05) is 74.5 Å². The highest BCUT2D eigenvalue weighted by Crippen LogP contribution is 2.31. The largest absolute Gasteiger partial charge is 0.385 e. The summed E-state index contributed by atoms with van der Waals surface area (Å²) in [6.07, 6.45) is -0.919. The molecule has 118 valence electrons. The number of aliphatic hydroxyl groups excluding tert-OH is 1. The summed E-state index contributed by atoms with van der Waals surface area (Å²) in [5.74, 6) is -0.0778. The van der Waals surface area contributed by atoms with E-state index in [0.29, 0.717) is 13.1 Å². The van der Waals surface area contributed by atoms with E-state index in [1.165, 1.54) is 0 Å². The van der Waals surface area contributed by atoms with Crippen LogP contribution >= 0.6 is 0 Å². The zero-order chi connectivity index (χ0) is 16.0. The molecule has 0 aliphatic rings. The minimum absolute atomic E-state index is 0.0778. The molecule has 0 aliphatic carbocycles. The third-order valence-corrected chi connectivity index (χ3v) is 4.17. The molecule has 2 aromatic carbocycles. The van der Waals surface area contributed by atoms with E-state index in [2.05, 4.69) is 5.32 Å². The lowest BCUT2D eigenvalue weighted by molar-refractivity contribution is -0.106. The summed E-state index contributed by atoms with van der Waals surface area (Å²) < 4.78 is 0. The molecule has 0 aliphatic heterocycles. The topological polar surface area (TPSA) is 52.5 Å². The predicted octanol–water partition coefficient (Wildman–Crippen LogP) is 2.90. The van der Waals surface area contributed by atoms with Crippen molar-refractivity contribution in [2.75, 3.05) is 6.54 Å². The second-order valence-electron chi connectivity index (χ2n) is 6.05. The van der Waals surface area contributed by atoms with Crippen molar-refractivity contribution in [3.05, 3.63) is 71.8 Å². The molecular formula is C19H25NO2. The molecule has 0 saturated carbocycles. The molecule has 22 heavy (non-hydrogen) atoms. The first-order chi connectivity index (χ1) is 10.5. The highest BCUT2D eigenvalue weighted by atomic mass is 16.3. The monoisotopic (exact) mass is 299 g/mol. The minimum atomic E-state index is -1.21. The van der Waals surface area contributed by atoms with Gasteiger partial charge in [-0.05, 0) is 17.0 Å². The van der Waals surface area contributed by atoms with E-state index in [4.69, 9.17) is 0 Å². The van der Waals surface area contributed by atoms with Crippen molar-refractivity contribution < 1.29 is 10.2 Å². The molecule has 0 unspecified atom stereocenters. The van der Waals surface area contributed by atoms with Crippen molar-refractivity contribution in [2.24, 2.45) is 5.92 Å². The highest BCUT2D eigenvalue weighted by Gasteiger charge is 2.39. The van der Waals surface area contributed by atoms with E-state index in [1.54, 1.807) is 0 Å². The third-order valence-electron chi connectivity index (χ3n) is 4.17. The van der Waals surface area contributed by atoms with E-state index in [-0.39, 0.29) is 5.92 Å². The van der Waals surface area contributed by atoms with Crippen LogP contribution in [0.4, 0.5) is 0 Å². The number of benzene rings is 2. The maximum absolute atomic E-state index is 11.0. The Kier molecular flexibility index (Phi) is 5.72. The number of hydrogen-bond acceptors (Lipinski definition) is 3. The van der Waals surface area contributed by atoms with Gasteiger partial charge in [0.2, 0.25) is 0 Å². The van der Waals surface area contributed by atoms with Crippen molar-refractivity contribution in [2.45, 2.75) is 32.1 Å². The molecule has 0 saturated heterocycles. The van der Waals surface area contributed by atoms with Crippen molar-refractivity contribution in [1.29, 1.82) is 0 Å². The van der Waals surface area contributed by atoms with Crippen LogP contribution in [0, 0.1) is 5.92 Å². The Hall–Kier alpha value is -1.68. The Balaban J connectivity index is 2.05. The van der Waals surface area contributed by atoms with E-state index < -0.39 is 11.7 Å². The standard InChI is InChI=1S/C19H25NO2/c1-15(2)19(22,18(21)17-11-7-4-8-12-17)14-20-13-16-9-5-3-6-10-16/h3-12,15,18,20-22H,13-14H2,1-2H3/t18-,19+/m1/s1. The fourth-order valence-corrected chi connectivity index (χ4v) is 2.54. The van der Waals surface area contributed by atoms with Gasteiger partial charge in [-0.2, -0.15) is 0 Å². The Morgan fingerprint density at radius 3 is 2.05 bits per heavy atom. The Morgan fingerprint density at radius 1 is 0.955 bits per heavy atom. The van der Waals surface area contributed by atoms with Crippen molar-refractivity contribution in [3.63, 3.8) is 0 Å². The van der Waals surface area contributed by atoms with E-state index in [9.17, 15) is 10.2 Å². The van der Waals surface area contributed by atoms with Crippen LogP contribution in [0.5, 0.6) is 0 Å². The summed E-state index contributed by atoms with van der Waals surface area (Å²) in [5, 5.41) is 24.9. The van der Waals surface area contributed by atoms with Gasteiger partial charge >= 0.3 is 0 Å². The smallest absolute Gasteiger partial charge is 0.109 e. The molecular weight excluding hydrogens is 274 g/mol. The van der Waals surface area contributed by atoms with Crippen molar-refractivity contribution in [1.82, 2.24) is 5.32 Å². The molecule has 0 radical (unpaired) electrons. The number of nitrogens with one attached hydrogen (secondary N) is 1. The summed E-state index contributed by atoms with van der Waals surface area (Å²) in [6.45, 7) is 4.85. The van der Waals surface area contributed by atoms with Gasteiger partial charge in [0.15, 0.2) is 0 Å². The highest BCUT2D eigenvalue weighted by molar-refractivity contribution is 5.21. The summed E-state index contributed by atoms with van der Waals surface area (Å²) in [7, 11) is 0. The van der Waals surface area contributed by atoms with Gasteiger partial charge in [0.05, 0.1) is 0 Å². The molecule has 0 aromatic heterocycles. The lowest BCUT2D eigenvalue weighted by Crippen LogP contribution is -2.49. The van der Waals surface area contributed by atoms with Crippen LogP contribution in [0.2, 0.25) is 0 Å². The zero-order valence-corrected chi connectivity index (χ0v) is 13.2. The van der Waals surface area contributed by atoms with Gasteiger partial charge in [-0.3, -0.25) is 0 Å². The third kappa shape index (κ3) is 3.95. The van der Waals surface area contributed by atoms with Crippen LogP contribution in [0.25, 0.3) is 0 Å². The van der Waals surface area contributed by atoms with Crippen LogP contribution in [0.1, 0.15) is 31.1 Å². The Bertz CT molecular complexity index is 556. The molecule has 0 amide bonds. The molecule has 3 N–H and O–H groups in total. The SMILES string of the molecule is CC(C)[C@@](O)(CNCc1ccccc1)[C@H](O)c1ccccc1. The van der Waals surface area contributed by atoms with Crippen LogP contribution in [-0.2, 0) is 6.54 Å².